The topological polar surface area (TPSA) is 47.1 Å². The molecule has 0 aliphatic heterocycles. The number of rotatable bonds is 6. The molecule has 0 bridgehead atoms. The van der Waals surface area contributed by atoms with Crippen molar-refractivity contribution in [3.8, 4) is 34.1 Å². The highest BCUT2D eigenvalue weighted by Gasteiger charge is 2.30. The molecule has 0 spiro atoms. The average Bonchev–Trinajstić information content (AvgIpc) is 3.28. The van der Waals surface area contributed by atoms with Crippen LogP contribution in [0.25, 0.3) is 22.6 Å². The Balaban J connectivity index is 1.53. The van der Waals surface area contributed by atoms with Gasteiger partial charge >= 0.3 is 6.18 Å². The first-order chi connectivity index (χ1) is 15.7. The second-order valence-corrected chi connectivity index (χ2v) is 8.02. The Morgan fingerprint density at radius 2 is 1.76 bits per heavy atom. The second-order valence-electron chi connectivity index (χ2n) is 7.11. The first kappa shape index (κ1) is 22.8. The van der Waals surface area contributed by atoms with Crippen molar-refractivity contribution >= 4 is 15.9 Å². The number of imidazole rings is 1. The number of ether oxygens (including phenoxy) is 2. The highest BCUT2D eigenvalue weighted by molar-refractivity contribution is 9.10. The van der Waals surface area contributed by atoms with E-state index in [2.05, 4.69) is 25.9 Å². The second kappa shape index (κ2) is 9.27. The third-order valence-corrected chi connectivity index (χ3v) is 5.43. The summed E-state index contributed by atoms with van der Waals surface area (Å²) in [6, 6.07) is 14.6. The van der Waals surface area contributed by atoms with Crippen LogP contribution in [0.4, 0.5) is 17.6 Å². The molecule has 4 aromatic rings. The molecule has 170 valence electrons. The van der Waals surface area contributed by atoms with Gasteiger partial charge in [-0.15, -0.1) is 0 Å². The van der Waals surface area contributed by atoms with Crippen LogP contribution >= 0.6 is 15.9 Å². The van der Waals surface area contributed by atoms with E-state index in [1.807, 2.05) is 0 Å². The van der Waals surface area contributed by atoms with Crippen LogP contribution in [-0.4, -0.2) is 17.1 Å². The van der Waals surface area contributed by atoms with Crippen LogP contribution in [0.2, 0.25) is 0 Å². The minimum atomic E-state index is -4.40. The fourth-order valence-corrected chi connectivity index (χ4v) is 3.54. The van der Waals surface area contributed by atoms with E-state index in [-0.39, 0.29) is 12.4 Å². The van der Waals surface area contributed by atoms with Crippen molar-refractivity contribution in [2.45, 2.75) is 12.8 Å². The van der Waals surface area contributed by atoms with Crippen molar-refractivity contribution in [2.75, 3.05) is 7.11 Å². The molecule has 0 aliphatic carbocycles. The number of halogens is 5. The summed E-state index contributed by atoms with van der Waals surface area (Å²) in [5, 5.41) is 0. The molecule has 0 amide bonds. The molecule has 0 atom stereocenters. The number of alkyl halides is 3. The molecule has 0 saturated heterocycles. The molecule has 0 fully saturated rings. The van der Waals surface area contributed by atoms with E-state index >= 15 is 0 Å². The van der Waals surface area contributed by atoms with E-state index in [1.165, 1.54) is 25.3 Å². The zero-order valence-electron chi connectivity index (χ0n) is 17.2. The summed E-state index contributed by atoms with van der Waals surface area (Å²) in [6.07, 6.45) is -2.82. The molecule has 3 aromatic carbocycles. The molecular weight excluding hydrogens is 504 g/mol. The molecular formula is C24H17BrF4N2O2. The van der Waals surface area contributed by atoms with Crippen molar-refractivity contribution in [2.24, 2.45) is 0 Å². The largest absolute Gasteiger partial charge is 0.496 e. The van der Waals surface area contributed by atoms with Crippen molar-refractivity contribution in [1.29, 1.82) is 0 Å². The Bertz CT molecular complexity index is 1270. The number of methoxy groups -OCH3 is 1. The third kappa shape index (κ3) is 5.19. The maximum Gasteiger partial charge on any atom is 0.416 e. The summed E-state index contributed by atoms with van der Waals surface area (Å²) in [7, 11) is 1.50. The molecule has 9 heteroatoms. The maximum absolute atomic E-state index is 14.0. The van der Waals surface area contributed by atoms with Crippen LogP contribution in [0.1, 0.15) is 11.1 Å². The first-order valence-corrected chi connectivity index (χ1v) is 10.5. The normalized spacial score (nSPS) is 11.5. The van der Waals surface area contributed by atoms with E-state index in [4.69, 9.17) is 9.47 Å². The van der Waals surface area contributed by atoms with Gasteiger partial charge in [0.2, 0.25) is 0 Å². The van der Waals surface area contributed by atoms with Crippen molar-refractivity contribution in [3.63, 3.8) is 0 Å². The molecule has 1 heterocycles. The van der Waals surface area contributed by atoms with Crippen LogP contribution in [0.5, 0.6) is 11.5 Å². The molecule has 0 aliphatic rings. The van der Waals surface area contributed by atoms with E-state index in [9.17, 15) is 17.6 Å². The van der Waals surface area contributed by atoms with Gasteiger partial charge in [0.05, 0.1) is 24.6 Å². The number of nitrogens with one attached hydrogen (secondary N) is 1. The lowest BCUT2D eigenvalue weighted by Gasteiger charge is -2.11. The molecule has 1 aromatic heterocycles. The molecule has 0 saturated carbocycles. The SMILES string of the molecule is COc1cc(OCc2ccc(Br)cc2F)ccc1-c1cnc(-c2ccc(C(F)(F)F)cc2)[nH]1. The Hall–Kier alpha value is -3.33. The van der Waals surface area contributed by atoms with Gasteiger partial charge < -0.3 is 14.5 Å². The third-order valence-electron chi connectivity index (χ3n) is 4.93. The minimum Gasteiger partial charge on any atom is -0.496 e. The summed E-state index contributed by atoms with van der Waals surface area (Å²) in [5.41, 5.74) is 1.51. The number of benzene rings is 3. The van der Waals surface area contributed by atoms with Gasteiger partial charge in [0.1, 0.15) is 29.7 Å². The Kier molecular flexibility index (Phi) is 6.42. The van der Waals surface area contributed by atoms with Crippen molar-refractivity contribution in [1.82, 2.24) is 9.97 Å². The highest BCUT2D eigenvalue weighted by atomic mass is 79.9. The number of H-pyrrole nitrogens is 1. The number of aromatic amines is 1. The Morgan fingerprint density at radius 3 is 2.42 bits per heavy atom. The van der Waals surface area contributed by atoms with Gasteiger partial charge in [-0.3, -0.25) is 0 Å². The summed E-state index contributed by atoms with van der Waals surface area (Å²) in [6.45, 7) is 0.0454. The molecule has 4 rings (SSSR count). The van der Waals surface area contributed by atoms with Gasteiger partial charge in [0.25, 0.3) is 0 Å². The summed E-state index contributed by atoms with van der Waals surface area (Å²) >= 11 is 3.22. The minimum absolute atomic E-state index is 0.0454. The quantitative estimate of drug-likeness (QED) is 0.272. The van der Waals surface area contributed by atoms with E-state index in [0.29, 0.717) is 44.2 Å². The Morgan fingerprint density at radius 1 is 1.00 bits per heavy atom. The zero-order chi connectivity index (χ0) is 23.6. The smallest absolute Gasteiger partial charge is 0.416 e. The molecule has 1 N–H and O–H groups in total. The van der Waals surface area contributed by atoms with E-state index in [1.54, 1.807) is 36.5 Å². The number of aromatic nitrogens is 2. The van der Waals surface area contributed by atoms with Crippen molar-refractivity contribution < 1.29 is 27.0 Å². The number of hydrogen-bond acceptors (Lipinski definition) is 3. The molecule has 33 heavy (non-hydrogen) atoms. The molecule has 0 radical (unpaired) electrons. The van der Waals surface area contributed by atoms with Gasteiger partial charge in [-0.1, -0.05) is 34.1 Å². The fraction of sp³-hybridized carbons (Fsp3) is 0.125. The van der Waals surface area contributed by atoms with Gasteiger partial charge in [-0.2, -0.15) is 13.2 Å². The number of hydrogen-bond donors (Lipinski definition) is 1. The van der Waals surface area contributed by atoms with Crippen LogP contribution in [0.3, 0.4) is 0 Å². The zero-order valence-corrected chi connectivity index (χ0v) is 18.8. The van der Waals surface area contributed by atoms with Gasteiger partial charge in [0, 0.05) is 27.2 Å². The summed E-state index contributed by atoms with van der Waals surface area (Å²) in [4.78, 5) is 7.38. The lowest BCUT2D eigenvalue weighted by atomic mass is 10.1. The highest BCUT2D eigenvalue weighted by Crippen LogP contribution is 2.35. The Labute approximate surface area is 195 Å². The standard InChI is InChI=1S/C24H17BrF4N2O2/c1-32-22-11-18(33-13-15-4-7-17(25)10-20(15)26)8-9-19(22)21-12-30-23(31-21)14-2-5-16(6-3-14)24(27,28)29/h2-12H,13H2,1H3,(H,30,31). The number of nitrogens with zero attached hydrogens (tertiary/aromatic N) is 1. The predicted molar refractivity (Wildman–Crippen MR) is 119 cm³/mol. The van der Waals surface area contributed by atoms with Crippen LogP contribution in [0, 0.1) is 5.82 Å². The lowest BCUT2D eigenvalue weighted by Crippen LogP contribution is -2.04. The predicted octanol–water partition coefficient (Wildman–Crippen LogP) is 7.25. The molecule has 4 nitrogen and oxygen atoms in total. The van der Waals surface area contributed by atoms with Crippen LogP contribution in [-0.2, 0) is 12.8 Å². The summed E-state index contributed by atoms with van der Waals surface area (Å²) < 4.78 is 64.2. The van der Waals surface area contributed by atoms with E-state index in [0.717, 1.165) is 12.1 Å². The monoisotopic (exact) mass is 520 g/mol. The van der Waals surface area contributed by atoms with Crippen molar-refractivity contribution in [3.05, 3.63) is 88.3 Å². The average molecular weight is 521 g/mol. The maximum atomic E-state index is 14.0. The lowest BCUT2D eigenvalue weighted by molar-refractivity contribution is -0.137. The van der Waals surface area contributed by atoms with Gasteiger partial charge in [-0.25, -0.2) is 9.37 Å². The van der Waals surface area contributed by atoms with E-state index < -0.39 is 11.7 Å². The molecule has 0 unspecified atom stereocenters. The first-order valence-electron chi connectivity index (χ1n) is 9.72. The fourth-order valence-electron chi connectivity index (χ4n) is 3.21. The summed E-state index contributed by atoms with van der Waals surface area (Å²) in [5.74, 6) is 1.03. The van der Waals surface area contributed by atoms with Gasteiger partial charge in [0.15, 0.2) is 0 Å². The van der Waals surface area contributed by atoms with Crippen LogP contribution < -0.4 is 9.47 Å². The van der Waals surface area contributed by atoms with Crippen LogP contribution in [0.15, 0.2) is 71.3 Å². The van der Waals surface area contributed by atoms with Gasteiger partial charge in [-0.05, 0) is 36.4 Å².